The zero-order chi connectivity index (χ0) is 18.5. The average molecular weight is 361 g/mol. The van der Waals surface area contributed by atoms with Crippen LogP contribution >= 0.6 is 0 Å². The third-order valence-electron chi connectivity index (χ3n) is 5.67. The lowest BCUT2D eigenvalue weighted by Gasteiger charge is -2.37. The highest BCUT2D eigenvalue weighted by Crippen LogP contribution is 2.31. The summed E-state index contributed by atoms with van der Waals surface area (Å²) in [5.41, 5.74) is 0.488. The van der Waals surface area contributed by atoms with Crippen LogP contribution in [0.5, 0.6) is 0 Å². The summed E-state index contributed by atoms with van der Waals surface area (Å²) in [6, 6.07) is 5.95. The van der Waals surface area contributed by atoms with Crippen LogP contribution in [-0.4, -0.2) is 54.3 Å². The zero-order valence-electron chi connectivity index (χ0n) is 15.4. The molecule has 5 nitrogen and oxygen atoms in total. The number of piperazine rings is 1. The molecule has 1 saturated carbocycles. The fourth-order valence-corrected chi connectivity index (χ4v) is 3.96. The topological polar surface area (TPSA) is 52.7 Å². The zero-order valence-corrected chi connectivity index (χ0v) is 15.4. The molecular weight excluding hydrogens is 333 g/mol. The minimum Gasteiger partial charge on any atom is -0.340 e. The van der Waals surface area contributed by atoms with Gasteiger partial charge in [0.25, 0.3) is 0 Å². The van der Waals surface area contributed by atoms with E-state index in [2.05, 4.69) is 17.1 Å². The molecule has 1 aromatic rings. The summed E-state index contributed by atoms with van der Waals surface area (Å²) in [6.07, 6.45) is 2.95. The third kappa shape index (κ3) is 4.61. The molecule has 3 rings (SSSR count). The van der Waals surface area contributed by atoms with Crippen LogP contribution in [0.4, 0.5) is 10.1 Å². The molecule has 142 valence electrons. The minimum absolute atomic E-state index is 0.0430. The molecular formula is C20H28FN3O2. The van der Waals surface area contributed by atoms with Gasteiger partial charge in [0.2, 0.25) is 11.8 Å². The summed E-state index contributed by atoms with van der Waals surface area (Å²) in [5, 5.41) is 2.79. The fraction of sp³-hybridized carbons (Fsp3) is 0.600. The summed E-state index contributed by atoms with van der Waals surface area (Å²) in [6.45, 7) is 6.71. The molecule has 1 heterocycles. The van der Waals surface area contributed by atoms with Crippen LogP contribution < -0.4 is 5.32 Å². The normalized spacial score (nSPS) is 24.3. The van der Waals surface area contributed by atoms with E-state index in [1.807, 2.05) is 4.90 Å². The van der Waals surface area contributed by atoms with E-state index in [4.69, 9.17) is 0 Å². The lowest BCUT2D eigenvalue weighted by atomic mass is 9.80. The second kappa shape index (κ2) is 8.62. The molecule has 0 unspecified atom stereocenters. The van der Waals surface area contributed by atoms with Crippen molar-refractivity contribution in [2.75, 3.05) is 38.0 Å². The number of hydrogen-bond acceptors (Lipinski definition) is 3. The van der Waals surface area contributed by atoms with E-state index in [1.54, 1.807) is 12.1 Å². The highest BCUT2D eigenvalue weighted by molar-refractivity contribution is 5.92. The van der Waals surface area contributed by atoms with Crippen LogP contribution in [0.3, 0.4) is 0 Å². The van der Waals surface area contributed by atoms with E-state index in [0.29, 0.717) is 18.5 Å². The molecule has 0 spiro atoms. The average Bonchev–Trinajstić information content (AvgIpc) is 2.67. The molecule has 26 heavy (non-hydrogen) atoms. The largest absolute Gasteiger partial charge is 0.340 e. The molecule has 1 aliphatic carbocycles. The standard InChI is InChI=1S/C20H28FN3O2/c1-2-23-10-12-24(13-11-23)20(26)16-8-6-15(7-9-16)19(25)22-18-5-3-4-17(21)14-18/h3-5,14-16H,2,6-13H2,1H3,(H,22,25). The summed E-state index contributed by atoms with van der Waals surface area (Å²) >= 11 is 0. The molecule has 0 atom stereocenters. The van der Waals surface area contributed by atoms with Crippen LogP contribution in [-0.2, 0) is 9.59 Å². The summed E-state index contributed by atoms with van der Waals surface area (Å²) in [5.74, 6) is -0.233. The van der Waals surface area contributed by atoms with Crippen molar-refractivity contribution in [2.45, 2.75) is 32.6 Å². The molecule has 1 saturated heterocycles. The number of nitrogens with zero attached hydrogens (tertiary/aromatic N) is 2. The van der Waals surface area contributed by atoms with E-state index in [1.165, 1.54) is 12.1 Å². The Kier molecular flexibility index (Phi) is 6.25. The maximum atomic E-state index is 13.2. The van der Waals surface area contributed by atoms with Crippen molar-refractivity contribution < 1.29 is 14.0 Å². The van der Waals surface area contributed by atoms with Gasteiger partial charge >= 0.3 is 0 Å². The van der Waals surface area contributed by atoms with Crippen LogP contribution in [0, 0.1) is 17.7 Å². The van der Waals surface area contributed by atoms with Crippen LogP contribution in [0.2, 0.25) is 0 Å². The lowest BCUT2D eigenvalue weighted by Crippen LogP contribution is -2.50. The quantitative estimate of drug-likeness (QED) is 0.897. The first kappa shape index (κ1) is 18.8. The van der Waals surface area contributed by atoms with Gasteiger partial charge in [-0.1, -0.05) is 13.0 Å². The first-order valence-corrected chi connectivity index (χ1v) is 9.64. The van der Waals surface area contributed by atoms with E-state index < -0.39 is 0 Å². The van der Waals surface area contributed by atoms with E-state index >= 15 is 0 Å². The lowest BCUT2D eigenvalue weighted by molar-refractivity contribution is -0.139. The number of amides is 2. The number of benzene rings is 1. The number of anilines is 1. The van der Waals surface area contributed by atoms with Gasteiger partial charge in [0.15, 0.2) is 0 Å². The molecule has 6 heteroatoms. The molecule has 1 aliphatic heterocycles. The number of carbonyl (C=O) groups is 2. The van der Waals surface area contributed by atoms with Crippen molar-refractivity contribution >= 4 is 17.5 Å². The van der Waals surface area contributed by atoms with Gasteiger partial charge < -0.3 is 15.1 Å². The van der Waals surface area contributed by atoms with Gasteiger partial charge in [-0.05, 0) is 50.4 Å². The third-order valence-corrected chi connectivity index (χ3v) is 5.67. The fourth-order valence-electron chi connectivity index (χ4n) is 3.96. The predicted molar refractivity (Wildman–Crippen MR) is 99.2 cm³/mol. The molecule has 1 N–H and O–H groups in total. The maximum absolute atomic E-state index is 13.2. The van der Waals surface area contributed by atoms with Crippen molar-refractivity contribution in [3.63, 3.8) is 0 Å². The van der Waals surface area contributed by atoms with E-state index in [-0.39, 0.29) is 29.5 Å². The number of nitrogens with one attached hydrogen (secondary N) is 1. The summed E-state index contributed by atoms with van der Waals surface area (Å²) in [4.78, 5) is 29.5. The minimum atomic E-state index is -0.361. The molecule has 1 aromatic carbocycles. The Morgan fingerprint density at radius 3 is 2.35 bits per heavy atom. The number of likely N-dealkylation sites (N-methyl/N-ethyl adjacent to an activating group) is 1. The number of hydrogen-bond donors (Lipinski definition) is 1. The van der Waals surface area contributed by atoms with Crippen molar-refractivity contribution in [3.05, 3.63) is 30.1 Å². The Morgan fingerprint density at radius 1 is 1.08 bits per heavy atom. The van der Waals surface area contributed by atoms with Gasteiger partial charge in [-0.25, -0.2) is 4.39 Å². The molecule has 2 aliphatic rings. The number of rotatable bonds is 4. The van der Waals surface area contributed by atoms with E-state index in [9.17, 15) is 14.0 Å². The summed E-state index contributed by atoms with van der Waals surface area (Å²) in [7, 11) is 0. The van der Waals surface area contributed by atoms with Gasteiger partial charge in [-0.15, -0.1) is 0 Å². The van der Waals surface area contributed by atoms with Gasteiger partial charge in [0.1, 0.15) is 5.82 Å². The smallest absolute Gasteiger partial charge is 0.227 e. The molecule has 2 fully saturated rings. The Labute approximate surface area is 154 Å². The molecule has 0 aromatic heterocycles. The Balaban J connectivity index is 1.46. The van der Waals surface area contributed by atoms with Gasteiger partial charge in [0, 0.05) is 43.7 Å². The summed E-state index contributed by atoms with van der Waals surface area (Å²) < 4.78 is 13.2. The highest BCUT2D eigenvalue weighted by atomic mass is 19.1. The van der Waals surface area contributed by atoms with Crippen LogP contribution in [0.25, 0.3) is 0 Å². The second-order valence-corrected chi connectivity index (χ2v) is 7.31. The Morgan fingerprint density at radius 2 is 1.73 bits per heavy atom. The van der Waals surface area contributed by atoms with Crippen LogP contribution in [0.1, 0.15) is 32.6 Å². The van der Waals surface area contributed by atoms with Crippen LogP contribution in [0.15, 0.2) is 24.3 Å². The SMILES string of the molecule is CCN1CCN(C(=O)C2CCC(C(=O)Nc3cccc(F)c3)CC2)CC1. The first-order chi connectivity index (χ1) is 12.6. The van der Waals surface area contributed by atoms with E-state index in [0.717, 1.165) is 45.6 Å². The second-order valence-electron chi connectivity index (χ2n) is 7.31. The molecule has 0 bridgehead atoms. The van der Waals surface area contributed by atoms with Crippen molar-refractivity contribution in [1.82, 2.24) is 9.80 Å². The van der Waals surface area contributed by atoms with Crippen molar-refractivity contribution in [2.24, 2.45) is 11.8 Å². The Bertz CT molecular complexity index is 636. The van der Waals surface area contributed by atoms with Gasteiger partial charge in [-0.2, -0.15) is 0 Å². The monoisotopic (exact) mass is 361 g/mol. The highest BCUT2D eigenvalue weighted by Gasteiger charge is 2.33. The first-order valence-electron chi connectivity index (χ1n) is 9.64. The number of carbonyl (C=O) groups excluding carboxylic acids is 2. The molecule has 2 amide bonds. The maximum Gasteiger partial charge on any atom is 0.227 e. The van der Waals surface area contributed by atoms with Crippen molar-refractivity contribution in [3.8, 4) is 0 Å². The van der Waals surface area contributed by atoms with Gasteiger partial charge in [0.05, 0.1) is 0 Å². The van der Waals surface area contributed by atoms with Gasteiger partial charge in [-0.3, -0.25) is 9.59 Å². The Hall–Kier alpha value is -1.95. The molecule has 0 radical (unpaired) electrons. The van der Waals surface area contributed by atoms with Crippen molar-refractivity contribution in [1.29, 1.82) is 0 Å². The number of halogens is 1. The predicted octanol–water partition coefficient (Wildman–Crippen LogP) is 2.73.